The first-order chi connectivity index (χ1) is 27.6. The number of carbonyl (C=O) groups excluding carboxylic acids is 2. The molecular weight excluding hydrogens is 745 g/mol. The van der Waals surface area contributed by atoms with Gasteiger partial charge in [0.25, 0.3) is 0 Å². The first kappa shape index (κ1) is 54.4. The van der Waals surface area contributed by atoms with Crippen molar-refractivity contribution in [2.45, 2.75) is 199 Å². The van der Waals surface area contributed by atoms with Gasteiger partial charge in [-0.25, -0.2) is 9.36 Å². The van der Waals surface area contributed by atoms with Crippen molar-refractivity contribution in [2.75, 3.05) is 19.8 Å². The third-order valence-corrected chi connectivity index (χ3v) is 10.3. The molecule has 0 radical (unpaired) electrons. The Balaban J connectivity index is 3.92. The van der Waals surface area contributed by atoms with Gasteiger partial charge in [0, 0.05) is 12.8 Å². The van der Waals surface area contributed by atoms with Gasteiger partial charge in [-0.05, 0) is 77.0 Å². The number of phosphoric ester groups is 1. The summed E-state index contributed by atoms with van der Waals surface area (Å²) in [5, 5.41) is 21.8. The quantitative estimate of drug-likeness (QED) is 0.0201. The highest BCUT2D eigenvalue weighted by molar-refractivity contribution is 7.47. The minimum Gasteiger partial charge on any atom is -0.480 e. The van der Waals surface area contributed by atoms with Crippen molar-refractivity contribution in [3.05, 3.63) is 48.6 Å². The van der Waals surface area contributed by atoms with E-state index in [0.717, 1.165) is 89.9 Å². The van der Waals surface area contributed by atoms with E-state index in [1.165, 1.54) is 57.8 Å². The number of hydrogen-bond acceptors (Lipinski definition) is 8. The van der Waals surface area contributed by atoms with Crippen molar-refractivity contribution >= 4 is 25.7 Å². The van der Waals surface area contributed by atoms with E-state index in [2.05, 4.69) is 67.8 Å². The number of aliphatic hydroxyl groups is 1. The molecule has 1 amide bonds. The Bertz CT molecular complexity index is 1150. The number of unbranched alkanes of at least 4 members (excludes halogenated alkanes) is 19. The second-order valence-corrected chi connectivity index (χ2v) is 16.3. The number of carboxylic acids is 1. The molecule has 11 nitrogen and oxygen atoms in total. The smallest absolute Gasteiger partial charge is 0.472 e. The summed E-state index contributed by atoms with van der Waals surface area (Å²) in [5.74, 6) is -2.40. The van der Waals surface area contributed by atoms with Crippen molar-refractivity contribution in [2.24, 2.45) is 0 Å². The number of aliphatic hydroxyl groups excluding tert-OH is 1. The molecule has 0 aromatic carbocycles. The number of esters is 1. The van der Waals surface area contributed by atoms with Crippen molar-refractivity contribution in [1.29, 1.82) is 0 Å². The lowest BCUT2D eigenvalue weighted by atomic mass is 10.1. The fourth-order valence-corrected chi connectivity index (χ4v) is 6.62. The highest BCUT2D eigenvalue weighted by atomic mass is 31.2. The van der Waals surface area contributed by atoms with E-state index >= 15 is 0 Å². The van der Waals surface area contributed by atoms with Gasteiger partial charge in [-0.2, -0.15) is 0 Å². The van der Waals surface area contributed by atoms with Crippen LogP contribution in [0.4, 0.5) is 0 Å². The highest BCUT2D eigenvalue weighted by Gasteiger charge is 2.28. The largest absolute Gasteiger partial charge is 0.480 e. The van der Waals surface area contributed by atoms with Crippen LogP contribution in [0, 0.1) is 0 Å². The summed E-state index contributed by atoms with van der Waals surface area (Å²) in [5.41, 5.74) is 0. The number of nitrogens with one attached hydrogen (secondary N) is 1. The number of hydrogen-bond donors (Lipinski definition) is 4. The molecule has 3 atom stereocenters. The van der Waals surface area contributed by atoms with E-state index < -0.39 is 57.6 Å². The van der Waals surface area contributed by atoms with Crippen LogP contribution in [0.25, 0.3) is 0 Å². The summed E-state index contributed by atoms with van der Waals surface area (Å²) >= 11 is 0. The third-order valence-electron chi connectivity index (χ3n) is 9.34. The lowest BCUT2D eigenvalue weighted by Gasteiger charge is -2.18. The summed E-state index contributed by atoms with van der Waals surface area (Å²) < 4.78 is 26.8. The van der Waals surface area contributed by atoms with Gasteiger partial charge < -0.3 is 25.2 Å². The van der Waals surface area contributed by atoms with Crippen LogP contribution in [0.5, 0.6) is 0 Å². The zero-order valence-corrected chi connectivity index (χ0v) is 36.5. The molecule has 0 rings (SSSR count). The molecule has 0 aliphatic heterocycles. The molecule has 0 bridgehead atoms. The van der Waals surface area contributed by atoms with E-state index in [0.29, 0.717) is 12.8 Å². The van der Waals surface area contributed by atoms with E-state index in [-0.39, 0.29) is 12.8 Å². The van der Waals surface area contributed by atoms with Gasteiger partial charge >= 0.3 is 19.8 Å². The molecule has 0 aliphatic rings. The molecule has 0 spiro atoms. The number of carbonyl (C=O) groups is 3. The number of allylic oxidation sites excluding steroid dienone is 8. The van der Waals surface area contributed by atoms with Crippen LogP contribution in [0.1, 0.15) is 187 Å². The molecule has 0 fully saturated rings. The minimum absolute atomic E-state index is 0.134. The van der Waals surface area contributed by atoms with Crippen molar-refractivity contribution in [3.8, 4) is 0 Å². The summed E-state index contributed by atoms with van der Waals surface area (Å²) in [6.07, 6.45) is 44.1. The number of rotatable bonds is 41. The van der Waals surface area contributed by atoms with E-state index in [4.69, 9.17) is 13.8 Å². The fourth-order valence-electron chi connectivity index (χ4n) is 5.84. The highest BCUT2D eigenvalue weighted by Crippen LogP contribution is 2.43. The normalized spacial score (nSPS) is 14.2. The summed E-state index contributed by atoms with van der Waals surface area (Å²) in [6, 6.07) is -1.55. The zero-order chi connectivity index (χ0) is 42.1. The lowest BCUT2D eigenvalue weighted by Crippen LogP contribution is -2.43. The first-order valence-electron chi connectivity index (χ1n) is 22.2. The van der Waals surface area contributed by atoms with Crippen LogP contribution < -0.4 is 5.32 Å². The molecular formula is C45H80NO10P. The lowest BCUT2D eigenvalue weighted by molar-refractivity contribution is -0.147. The number of phosphoric acid groups is 1. The predicted octanol–water partition coefficient (Wildman–Crippen LogP) is 11.4. The van der Waals surface area contributed by atoms with Gasteiger partial charge in [0.05, 0.1) is 13.2 Å². The second-order valence-electron chi connectivity index (χ2n) is 14.9. The molecule has 0 aromatic heterocycles. The second kappa shape index (κ2) is 40.2. The van der Waals surface area contributed by atoms with Gasteiger partial charge in [0.1, 0.15) is 12.7 Å². The molecule has 12 heteroatoms. The van der Waals surface area contributed by atoms with Gasteiger partial charge in [0.2, 0.25) is 5.91 Å². The molecule has 0 aliphatic carbocycles. The molecule has 0 heterocycles. The van der Waals surface area contributed by atoms with Crippen LogP contribution in [-0.4, -0.2) is 64.9 Å². The molecule has 0 saturated heterocycles. The Morgan fingerprint density at radius 1 is 0.561 bits per heavy atom. The Hall–Kier alpha value is -2.56. The Morgan fingerprint density at radius 2 is 0.965 bits per heavy atom. The van der Waals surface area contributed by atoms with Crippen LogP contribution in [0.15, 0.2) is 48.6 Å². The van der Waals surface area contributed by atoms with Crippen molar-refractivity contribution in [1.82, 2.24) is 5.32 Å². The van der Waals surface area contributed by atoms with Crippen LogP contribution in [-0.2, 0) is 32.7 Å². The number of amides is 1. The molecule has 4 N–H and O–H groups in total. The van der Waals surface area contributed by atoms with E-state index in [9.17, 15) is 34.1 Å². The molecule has 0 saturated carbocycles. The van der Waals surface area contributed by atoms with Crippen molar-refractivity contribution in [3.63, 3.8) is 0 Å². The SMILES string of the molecule is CCCCC/C=C\C/C=C\C/C=C\CCCCCCCCC(=O)OCC(O)COP(=O)(O)OCC(NC(=O)CCCCCCC/C=C\CCCCCCC)C(=O)O. The maximum atomic E-state index is 12.3. The predicted molar refractivity (Wildman–Crippen MR) is 231 cm³/mol. The Kier molecular flexibility index (Phi) is 38.4. The number of carboxylic acid groups (broad SMARTS) is 1. The minimum atomic E-state index is -4.76. The zero-order valence-electron chi connectivity index (χ0n) is 35.6. The van der Waals surface area contributed by atoms with Gasteiger partial charge in [-0.1, -0.05) is 146 Å². The standard InChI is InChI=1S/C45H80NO10P/c1-3-5-7-9-11-13-15-17-19-20-21-22-23-25-27-29-31-33-35-37-44(49)54-38-41(47)39-55-57(52,53)56-40-42(45(50)51)46-43(48)36-34-32-30-28-26-24-18-16-14-12-10-8-6-4-2/h11,13,16-19,21-22,41-42,47H,3-10,12,14-15,20,23-40H2,1-2H3,(H,46,48)(H,50,51)(H,52,53)/b13-11-,18-16-,19-17-,22-21-. The number of aliphatic carboxylic acids is 1. The number of ether oxygens (including phenoxy) is 1. The van der Waals surface area contributed by atoms with Crippen LogP contribution in [0.3, 0.4) is 0 Å². The Morgan fingerprint density at radius 3 is 1.49 bits per heavy atom. The average Bonchev–Trinajstić information content (AvgIpc) is 3.18. The van der Waals surface area contributed by atoms with Crippen LogP contribution in [0.2, 0.25) is 0 Å². The van der Waals surface area contributed by atoms with Gasteiger partial charge in [-0.15, -0.1) is 0 Å². The van der Waals surface area contributed by atoms with Crippen molar-refractivity contribution < 1.29 is 47.8 Å². The molecule has 330 valence electrons. The molecule has 3 unspecified atom stereocenters. The summed E-state index contributed by atoms with van der Waals surface area (Å²) in [7, 11) is -4.76. The van der Waals surface area contributed by atoms with Gasteiger partial charge in [-0.3, -0.25) is 18.6 Å². The maximum absolute atomic E-state index is 12.3. The van der Waals surface area contributed by atoms with E-state index in [1.807, 2.05) is 0 Å². The van der Waals surface area contributed by atoms with E-state index in [1.54, 1.807) is 0 Å². The summed E-state index contributed by atoms with van der Waals surface area (Å²) in [6.45, 7) is 2.53. The fraction of sp³-hybridized carbons (Fsp3) is 0.756. The Labute approximate surface area is 345 Å². The maximum Gasteiger partial charge on any atom is 0.472 e. The molecule has 57 heavy (non-hydrogen) atoms. The van der Waals surface area contributed by atoms with Gasteiger partial charge in [0.15, 0.2) is 6.04 Å². The van der Waals surface area contributed by atoms with Crippen LogP contribution >= 0.6 is 7.82 Å². The average molecular weight is 826 g/mol. The topological polar surface area (TPSA) is 169 Å². The third kappa shape index (κ3) is 40.0. The monoisotopic (exact) mass is 826 g/mol. The molecule has 0 aromatic rings. The first-order valence-corrected chi connectivity index (χ1v) is 23.7. The summed E-state index contributed by atoms with van der Waals surface area (Å²) in [4.78, 5) is 45.9.